The summed E-state index contributed by atoms with van der Waals surface area (Å²) < 4.78 is 11.9. The summed E-state index contributed by atoms with van der Waals surface area (Å²) in [7, 11) is 1.56. The number of Topliss-reactive ketones (excluding diaryl/α,β-unsaturated/α-hetero) is 1. The Kier molecular flexibility index (Phi) is 13.8. The van der Waals surface area contributed by atoms with Gasteiger partial charge in [0.2, 0.25) is 23.5 Å². The van der Waals surface area contributed by atoms with Crippen LogP contribution in [0.4, 0.5) is 0 Å². The second-order valence-electron chi connectivity index (χ2n) is 16.9. The highest BCUT2D eigenvalue weighted by Gasteiger charge is 2.47. The monoisotopic (exact) mass is 812 g/mol. The fourth-order valence-corrected chi connectivity index (χ4v) is 7.90. The molecule has 6 rings (SSSR count). The Morgan fingerprint density at radius 3 is 2.34 bits per heavy atom. The minimum atomic E-state index is -1.14. The number of hydrogen-bond donors (Lipinski definition) is 4. The van der Waals surface area contributed by atoms with Crippen LogP contribution < -0.4 is 30.7 Å². The van der Waals surface area contributed by atoms with E-state index in [1.165, 1.54) is 23.5 Å². The van der Waals surface area contributed by atoms with Crippen molar-refractivity contribution < 1.29 is 38.2 Å². The van der Waals surface area contributed by atoms with E-state index in [0.29, 0.717) is 41.7 Å². The number of methoxy groups -OCH3 is 1. The molecule has 3 aromatic rings. The summed E-state index contributed by atoms with van der Waals surface area (Å²) >= 11 is 0. The molecule has 2 aromatic heterocycles. The molecule has 16 heteroatoms. The number of amides is 5. The number of hydrogen-bond acceptors (Lipinski definition) is 11. The first-order valence-corrected chi connectivity index (χ1v) is 20.7. The number of ether oxygens (including phenoxy) is 2. The molecule has 5 amide bonds. The van der Waals surface area contributed by atoms with Crippen LogP contribution in [0.2, 0.25) is 0 Å². The number of pyridine rings is 1. The number of aromatic nitrogens is 3. The maximum atomic E-state index is 15.0. The molecule has 1 aromatic carbocycles. The van der Waals surface area contributed by atoms with Gasteiger partial charge < -0.3 is 35.6 Å². The molecule has 1 saturated heterocycles. The van der Waals surface area contributed by atoms with Crippen molar-refractivity contribution in [2.45, 2.75) is 128 Å². The van der Waals surface area contributed by atoms with Crippen LogP contribution in [-0.2, 0) is 24.0 Å². The molecule has 0 bridgehead atoms. The van der Waals surface area contributed by atoms with Gasteiger partial charge in [-0.15, -0.1) is 0 Å². The van der Waals surface area contributed by atoms with Gasteiger partial charge in [0.1, 0.15) is 41.4 Å². The summed E-state index contributed by atoms with van der Waals surface area (Å²) in [5.41, 5.74) is -0.171. The van der Waals surface area contributed by atoms with Crippen LogP contribution in [0.1, 0.15) is 102 Å². The molecule has 16 nitrogen and oxygen atoms in total. The summed E-state index contributed by atoms with van der Waals surface area (Å²) in [5, 5.41) is 12.1. The molecule has 0 radical (unpaired) electrons. The SMILES string of the molecule is CCC[C@H](NC(=O)[C@@H]1C[C@@H](Oc2ccnc3cc(OC)ccc23)CN1C(=O)[C@@H](NC(=O)[C@@H](NC(=O)c1cnccn1)C1CCCCC1)C(C)(C)C)C(=O)C(=O)NC1CC1. The van der Waals surface area contributed by atoms with Crippen LogP contribution in [0.3, 0.4) is 0 Å². The Labute approximate surface area is 344 Å². The molecule has 2 aliphatic carbocycles. The predicted octanol–water partition coefficient (Wildman–Crippen LogP) is 3.42. The van der Waals surface area contributed by atoms with Crippen LogP contribution in [0.15, 0.2) is 49.1 Å². The number of ketones is 1. The Morgan fingerprint density at radius 2 is 1.68 bits per heavy atom. The summed E-state index contributed by atoms with van der Waals surface area (Å²) in [6, 6.07) is 2.73. The fraction of sp³-hybridized carbons (Fsp3) is 0.558. The number of fused-ring (bicyclic) bond motifs is 1. The molecule has 5 atom stereocenters. The molecule has 3 aliphatic rings. The molecular formula is C43H56N8O8. The van der Waals surface area contributed by atoms with Crippen LogP contribution in [0.5, 0.6) is 11.5 Å². The van der Waals surface area contributed by atoms with E-state index in [4.69, 9.17) is 9.47 Å². The Morgan fingerprint density at radius 1 is 0.915 bits per heavy atom. The first-order valence-electron chi connectivity index (χ1n) is 20.7. The molecule has 1 aliphatic heterocycles. The van der Waals surface area contributed by atoms with Crippen molar-refractivity contribution >= 4 is 46.2 Å². The number of benzene rings is 1. The van der Waals surface area contributed by atoms with Gasteiger partial charge in [-0.1, -0.05) is 53.4 Å². The minimum absolute atomic E-state index is 0.0244. The quantitative estimate of drug-likeness (QED) is 0.154. The van der Waals surface area contributed by atoms with Crippen LogP contribution >= 0.6 is 0 Å². The first-order chi connectivity index (χ1) is 28.3. The summed E-state index contributed by atoms with van der Waals surface area (Å²) in [6.07, 6.45) is 11.7. The van der Waals surface area contributed by atoms with Gasteiger partial charge in [-0.2, -0.15) is 0 Å². The second-order valence-corrected chi connectivity index (χ2v) is 16.9. The second kappa shape index (κ2) is 18.9. The highest BCUT2D eigenvalue weighted by molar-refractivity contribution is 6.38. The third-order valence-corrected chi connectivity index (χ3v) is 11.3. The Balaban J connectivity index is 1.28. The normalized spacial score (nSPS) is 19.8. The lowest BCUT2D eigenvalue weighted by Gasteiger charge is -2.37. The standard InChI is InChI=1S/C43H56N8O8/c1-6-10-30(36(52)41(56)47-26-13-14-26)48-39(54)33-22-28(59-34-17-18-45-31-21-27(58-5)15-16-29(31)34)24-51(33)42(57)37(43(2,3)4)50-40(55)35(25-11-8-7-9-12-25)49-38(53)32-23-44-19-20-46-32/h15-21,23,25-26,28,30,33,35,37H,6-14,22,24H2,1-5H3,(H,47,56)(H,48,54)(H,49,53)(H,50,55)/t28-,30+,33+,35+,37-/m1/s1. The molecule has 0 unspecified atom stereocenters. The van der Waals surface area contributed by atoms with Crippen molar-refractivity contribution in [2.75, 3.05) is 13.7 Å². The largest absolute Gasteiger partial charge is 0.497 e. The van der Waals surface area contributed by atoms with Crippen molar-refractivity contribution in [3.05, 3.63) is 54.7 Å². The summed E-state index contributed by atoms with van der Waals surface area (Å²) in [5.74, 6) is -2.79. The van der Waals surface area contributed by atoms with Gasteiger partial charge >= 0.3 is 0 Å². The van der Waals surface area contributed by atoms with E-state index in [1.807, 2.05) is 33.8 Å². The smallest absolute Gasteiger partial charge is 0.289 e. The number of carbonyl (C=O) groups excluding carboxylic acids is 6. The number of likely N-dealkylation sites (tertiary alicyclic amines) is 1. The van der Waals surface area contributed by atoms with Crippen molar-refractivity contribution in [1.82, 2.24) is 41.1 Å². The van der Waals surface area contributed by atoms with E-state index >= 15 is 0 Å². The lowest BCUT2D eigenvalue weighted by Crippen LogP contribution is -2.62. The van der Waals surface area contributed by atoms with E-state index in [1.54, 1.807) is 31.5 Å². The molecule has 2 saturated carbocycles. The van der Waals surface area contributed by atoms with Gasteiger partial charge in [0.05, 0.1) is 31.4 Å². The average Bonchev–Trinajstić information content (AvgIpc) is 3.95. The van der Waals surface area contributed by atoms with Gasteiger partial charge in [-0.05, 0) is 61.6 Å². The van der Waals surface area contributed by atoms with Gasteiger partial charge in [-0.3, -0.25) is 38.7 Å². The topological polar surface area (TPSA) is 211 Å². The molecule has 3 fully saturated rings. The lowest BCUT2D eigenvalue weighted by atomic mass is 9.82. The number of rotatable bonds is 16. The van der Waals surface area contributed by atoms with Crippen LogP contribution in [0.25, 0.3) is 10.9 Å². The number of nitrogens with zero attached hydrogens (tertiary/aromatic N) is 4. The summed E-state index contributed by atoms with van der Waals surface area (Å²) in [6.45, 7) is 7.27. The molecule has 59 heavy (non-hydrogen) atoms. The zero-order valence-corrected chi connectivity index (χ0v) is 34.5. The third kappa shape index (κ3) is 10.7. The van der Waals surface area contributed by atoms with Crippen molar-refractivity contribution in [3.63, 3.8) is 0 Å². The van der Waals surface area contributed by atoms with Gasteiger partial charge in [0.15, 0.2) is 0 Å². The fourth-order valence-electron chi connectivity index (χ4n) is 7.90. The third-order valence-electron chi connectivity index (χ3n) is 11.3. The molecule has 316 valence electrons. The number of carbonyl (C=O) groups is 6. The van der Waals surface area contributed by atoms with E-state index in [9.17, 15) is 28.8 Å². The van der Waals surface area contributed by atoms with Crippen LogP contribution in [-0.4, -0.2) is 105 Å². The van der Waals surface area contributed by atoms with E-state index in [2.05, 4.69) is 36.2 Å². The van der Waals surface area contributed by atoms with E-state index in [-0.39, 0.29) is 37.0 Å². The van der Waals surface area contributed by atoms with E-state index in [0.717, 1.165) is 32.1 Å². The van der Waals surface area contributed by atoms with Gasteiger partial charge in [-0.25, -0.2) is 4.98 Å². The van der Waals surface area contributed by atoms with Crippen LogP contribution in [0, 0.1) is 11.3 Å². The first kappa shape index (κ1) is 42.9. The molecule has 4 N–H and O–H groups in total. The zero-order valence-electron chi connectivity index (χ0n) is 34.5. The van der Waals surface area contributed by atoms with Gasteiger partial charge in [0.25, 0.3) is 11.8 Å². The Bertz CT molecular complexity index is 2010. The lowest BCUT2D eigenvalue weighted by molar-refractivity contribution is -0.145. The molecular weight excluding hydrogens is 757 g/mol. The minimum Gasteiger partial charge on any atom is -0.497 e. The average molecular weight is 813 g/mol. The molecule has 0 spiro atoms. The summed E-state index contributed by atoms with van der Waals surface area (Å²) in [4.78, 5) is 97.1. The predicted molar refractivity (Wildman–Crippen MR) is 217 cm³/mol. The Hall–Kier alpha value is -5.67. The van der Waals surface area contributed by atoms with E-state index < -0.39 is 71.0 Å². The maximum absolute atomic E-state index is 15.0. The highest BCUT2D eigenvalue weighted by Crippen LogP contribution is 2.33. The van der Waals surface area contributed by atoms with Crippen molar-refractivity contribution in [2.24, 2.45) is 11.3 Å². The van der Waals surface area contributed by atoms with Crippen molar-refractivity contribution in [3.8, 4) is 11.5 Å². The van der Waals surface area contributed by atoms with Crippen molar-refractivity contribution in [1.29, 1.82) is 0 Å². The number of nitrogens with one attached hydrogen (secondary N) is 4. The van der Waals surface area contributed by atoms with Gasteiger partial charge in [0, 0.05) is 42.5 Å². The zero-order chi connectivity index (χ0) is 42.3. The molecule has 3 heterocycles. The highest BCUT2D eigenvalue weighted by atomic mass is 16.5. The maximum Gasteiger partial charge on any atom is 0.289 e.